The van der Waals surface area contributed by atoms with E-state index in [1.807, 2.05) is 11.8 Å². The zero-order valence-electron chi connectivity index (χ0n) is 14.7. The summed E-state index contributed by atoms with van der Waals surface area (Å²) in [4.78, 5) is 14.5. The van der Waals surface area contributed by atoms with E-state index in [0.29, 0.717) is 11.5 Å². The SMILES string of the molecule is CCCN(CC1CC1)C(=O)NCc1ccccc1S(=O)(=O)N(C)C. The van der Waals surface area contributed by atoms with Crippen LogP contribution >= 0.6 is 0 Å². The topological polar surface area (TPSA) is 69.7 Å². The first-order valence-electron chi connectivity index (χ1n) is 8.39. The van der Waals surface area contributed by atoms with Gasteiger partial charge in [-0.2, -0.15) is 0 Å². The van der Waals surface area contributed by atoms with E-state index in [1.54, 1.807) is 24.3 Å². The zero-order chi connectivity index (χ0) is 17.7. The molecule has 0 radical (unpaired) electrons. The van der Waals surface area contributed by atoms with Gasteiger partial charge in [-0.3, -0.25) is 0 Å². The van der Waals surface area contributed by atoms with Gasteiger partial charge in [0.2, 0.25) is 10.0 Å². The average Bonchev–Trinajstić information content (AvgIpc) is 3.36. The van der Waals surface area contributed by atoms with Gasteiger partial charge in [-0.15, -0.1) is 0 Å². The third kappa shape index (κ3) is 4.70. The van der Waals surface area contributed by atoms with Crippen molar-refractivity contribution >= 4 is 16.1 Å². The Morgan fingerprint density at radius 1 is 1.25 bits per heavy atom. The largest absolute Gasteiger partial charge is 0.334 e. The molecular formula is C17H27N3O3S. The van der Waals surface area contributed by atoms with Gasteiger partial charge in [0.15, 0.2) is 0 Å². The molecule has 0 aromatic heterocycles. The number of nitrogens with one attached hydrogen (secondary N) is 1. The predicted molar refractivity (Wildman–Crippen MR) is 94.1 cm³/mol. The van der Waals surface area contributed by atoms with Crippen LogP contribution in [0.15, 0.2) is 29.2 Å². The van der Waals surface area contributed by atoms with Crippen molar-refractivity contribution in [2.24, 2.45) is 5.92 Å². The van der Waals surface area contributed by atoms with Gasteiger partial charge in [0, 0.05) is 33.7 Å². The van der Waals surface area contributed by atoms with E-state index >= 15 is 0 Å². The average molecular weight is 353 g/mol. The molecule has 0 atom stereocenters. The van der Waals surface area contributed by atoms with Crippen LogP contribution in [0.3, 0.4) is 0 Å². The molecule has 6 nitrogen and oxygen atoms in total. The Balaban J connectivity index is 2.07. The molecule has 1 saturated carbocycles. The highest BCUT2D eigenvalue weighted by Crippen LogP contribution is 2.29. The van der Waals surface area contributed by atoms with E-state index in [4.69, 9.17) is 0 Å². The number of rotatable bonds is 8. The van der Waals surface area contributed by atoms with Gasteiger partial charge in [-0.05, 0) is 36.8 Å². The second-order valence-electron chi connectivity index (χ2n) is 6.44. The zero-order valence-corrected chi connectivity index (χ0v) is 15.5. The summed E-state index contributed by atoms with van der Waals surface area (Å²) in [6, 6.07) is 6.66. The lowest BCUT2D eigenvalue weighted by Crippen LogP contribution is -2.41. The summed E-state index contributed by atoms with van der Waals surface area (Å²) in [7, 11) is -0.520. The van der Waals surface area contributed by atoms with Crippen molar-refractivity contribution in [1.29, 1.82) is 0 Å². The summed E-state index contributed by atoms with van der Waals surface area (Å²) in [6.45, 7) is 3.76. The van der Waals surface area contributed by atoms with Crippen LogP contribution in [-0.2, 0) is 16.6 Å². The van der Waals surface area contributed by atoms with E-state index in [0.717, 1.165) is 19.5 Å². The van der Waals surface area contributed by atoms with Gasteiger partial charge >= 0.3 is 6.03 Å². The highest BCUT2D eigenvalue weighted by atomic mass is 32.2. The van der Waals surface area contributed by atoms with Gasteiger partial charge in [0.25, 0.3) is 0 Å². The standard InChI is InChI=1S/C17H27N3O3S/c1-4-11-20(13-14-9-10-14)17(21)18-12-15-7-5-6-8-16(15)24(22,23)19(2)3/h5-8,14H,4,9-13H2,1-3H3,(H,18,21). The maximum atomic E-state index is 12.4. The third-order valence-electron chi connectivity index (χ3n) is 4.12. The minimum atomic E-state index is -3.53. The number of nitrogens with zero attached hydrogens (tertiary/aromatic N) is 2. The van der Waals surface area contributed by atoms with Gasteiger partial charge in [0.05, 0.1) is 4.90 Å². The lowest BCUT2D eigenvalue weighted by Gasteiger charge is -2.23. The fourth-order valence-corrected chi connectivity index (χ4v) is 3.65. The first kappa shape index (κ1) is 18.7. The van der Waals surface area contributed by atoms with Gasteiger partial charge < -0.3 is 10.2 Å². The molecule has 2 rings (SSSR count). The number of hydrogen-bond acceptors (Lipinski definition) is 3. The van der Waals surface area contributed by atoms with Crippen molar-refractivity contribution in [1.82, 2.24) is 14.5 Å². The van der Waals surface area contributed by atoms with Gasteiger partial charge in [-0.1, -0.05) is 25.1 Å². The Kier molecular flexibility index (Phi) is 6.23. The molecule has 1 N–H and O–H groups in total. The van der Waals surface area contributed by atoms with E-state index in [2.05, 4.69) is 5.32 Å². The van der Waals surface area contributed by atoms with Crippen LogP contribution in [-0.4, -0.2) is 50.8 Å². The minimum Gasteiger partial charge on any atom is -0.334 e. The minimum absolute atomic E-state index is 0.124. The Bertz CT molecular complexity index is 669. The quantitative estimate of drug-likeness (QED) is 0.779. The molecule has 0 unspecified atom stereocenters. The predicted octanol–water partition coefficient (Wildman–Crippen LogP) is 2.27. The normalized spacial score (nSPS) is 14.7. The Morgan fingerprint density at radius 3 is 2.50 bits per heavy atom. The molecule has 24 heavy (non-hydrogen) atoms. The monoisotopic (exact) mass is 353 g/mol. The molecule has 1 aliphatic carbocycles. The van der Waals surface area contributed by atoms with Crippen LogP contribution < -0.4 is 5.32 Å². The van der Waals surface area contributed by atoms with Crippen molar-refractivity contribution in [3.63, 3.8) is 0 Å². The first-order chi connectivity index (χ1) is 11.4. The molecule has 2 amide bonds. The van der Waals surface area contributed by atoms with Crippen LogP contribution in [0.2, 0.25) is 0 Å². The van der Waals surface area contributed by atoms with Crippen LogP contribution in [0.4, 0.5) is 4.79 Å². The molecule has 1 aromatic rings. The molecule has 0 saturated heterocycles. The first-order valence-corrected chi connectivity index (χ1v) is 9.83. The summed E-state index contributed by atoms with van der Waals surface area (Å²) < 4.78 is 26.0. The maximum absolute atomic E-state index is 12.4. The molecule has 7 heteroatoms. The van der Waals surface area contributed by atoms with Crippen molar-refractivity contribution in [2.45, 2.75) is 37.6 Å². The van der Waals surface area contributed by atoms with Crippen LogP contribution in [0.1, 0.15) is 31.7 Å². The fraction of sp³-hybridized carbons (Fsp3) is 0.588. The van der Waals surface area contributed by atoms with Crippen LogP contribution in [0.25, 0.3) is 0 Å². The van der Waals surface area contributed by atoms with Gasteiger partial charge in [0.1, 0.15) is 0 Å². The lowest BCUT2D eigenvalue weighted by atomic mass is 10.2. The van der Waals surface area contributed by atoms with Crippen molar-refractivity contribution in [3.05, 3.63) is 29.8 Å². The second kappa shape index (κ2) is 7.98. The number of hydrogen-bond donors (Lipinski definition) is 1. The van der Waals surface area contributed by atoms with Crippen molar-refractivity contribution < 1.29 is 13.2 Å². The summed E-state index contributed by atoms with van der Waals surface area (Å²) >= 11 is 0. The molecule has 0 spiro atoms. The maximum Gasteiger partial charge on any atom is 0.317 e. The lowest BCUT2D eigenvalue weighted by molar-refractivity contribution is 0.194. The molecule has 0 bridgehead atoms. The number of urea groups is 1. The van der Waals surface area contributed by atoms with Crippen molar-refractivity contribution in [2.75, 3.05) is 27.2 Å². The molecule has 1 aromatic carbocycles. The summed E-state index contributed by atoms with van der Waals surface area (Å²) in [5, 5.41) is 2.87. The number of amides is 2. The van der Waals surface area contributed by atoms with E-state index in [9.17, 15) is 13.2 Å². The third-order valence-corrected chi connectivity index (χ3v) is 6.03. The Hall–Kier alpha value is -1.60. The number of carbonyl (C=O) groups is 1. The molecular weight excluding hydrogens is 326 g/mol. The van der Waals surface area contributed by atoms with E-state index in [-0.39, 0.29) is 17.5 Å². The second-order valence-corrected chi connectivity index (χ2v) is 8.56. The van der Waals surface area contributed by atoms with Gasteiger partial charge in [-0.25, -0.2) is 17.5 Å². The molecule has 0 aliphatic heterocycles. The Morgan fingerprint density at radius 2 is 1.92 bits per heavy atom. The van der Waals surface area contributed by atoms with E-state index < -0.39 is 10.0 Å². The molecule has 1 aliphatic rings. The molecule has 134 valence electrons. The summed E-state index contributed by atoms with van der Waals surface area (Å²) in [6.07, 6.45) is 3.29. The van der Waals surface area contributed by atoms with Crippen LogP contribution in [0.5, 0.6) is 0 Å². The smallest absolute Gasteiger partial charge is 0.317 e. The summed E-state index contributed by atoms with van der Waals surface area (Å²) in [5.74, 6) is 0.628. The fourth-order valence-electron chi connectivity index (χ4n) is 2.54. The Labute approximate surface area is 144 Å². The van der Waals surface area contributed by atoms with E-state index in [1.165, 1.54) is 31.2 Å². The number of benzene rings is 1. The van der Waals surface area contributed by atoms with Crippen LogP contribution in [0, 0.1) is 5.92 Å². The number of carbonyl (C=O) groups excluding carboxylic acids is 1. The molecule has 0 heterocycles. The summed E-state index contributed by atoms with van der Waals surface area (Å²) in [5.41, 5.74) is 0.599. The highest BCUT2D eigenvalue weighted by molar-refractivity contribution is 7.89. The van der Waals surface area contributed by atoms with Crippen molar-refractivity contribution in [3.8, 4) is 0 Å². The molecule has 1 fully saturated rings. The highest BCUT2D eigenvalue weighted by Gasteiger charge is 2.26. The number of sulfonamides is 1.